The van der Waals surface area contributed by atoms with Crippen LogP contribution in [0.2, 0.25) is 0 Å². The summed E-state index contributed by atoms with van der Waals surface area (Å²) in [6, 6.07) is 22.2. The van der Waals surface area contributed by atoms with Gasteiger partial charge in [0, 0.05) is 29.7 Å². The summed E-state index contributed by atoms with van der Waals surface area (Å²) in [7, 11) is -2.02. The first-order chi connectivity index (χ1) is 15.0. The van der Waals surface area contributed by atoms with Crippen LogP contribution in [-0.4, -0.2) is 27.1 Å². The first kappa shape index (κ1) is 21.0. The van der Waals surface area contributed by atoms with Crippen molar-refractivity contribution in [1.82, 2.24) is 9.71 Å². The van der Waals surface area contributed by atoms with Crippen molar-refractivity contribution in [1.29, 1.82) is 0 Å². The van der Waals surface area contributed by atoms with Gasteiger partial charge in [0.25, 0.3) is 0 Å². The van der Waals surface area contributed by atoms with E-state index in [1.54, 1.807) is 19.2 Å². The zero-order valence-corrected chi connectivity index (χ0v) is 18.0. The molecule has 0 fully saturated rings. The molecular weight excluding hydrogens is 412 g/mol. The molecule has 1 aromatic heterocycles. The van der Waals surface area contributed by atoms with Crippen LogP contribution in [0, 0.1) is 0 Å². The summed E-state index contributed by atoms with van der Waals surface area (Å²) < 4.78 is 38.6. The third-order valence-corrected chi connectivity index (χ3v) is 6.52. The number of fused-ring (bicyclic) bond motifs is 1. The first-order valence-corrected chi connectivity index (χ1v) is 11.4. The summed E-state index contributed by atoms with van der Waals surface area (Å²) in [4.78, 5) is 3.46. The van der Waals surface area contributed by atoms with Crippen LogP contribution < -0.4 is 14.2 Å². The maximum absolute atomic E-state index is 12.5. The molecule has 0 radical (unpaired) electrons. The third-order valence-electron chi connectivity index (χ3n) is 5.04. The average Bonchev–Trinajstić information content (AvgIpc) is 3.20. The monoisotopic (exact) mass is 436 g/mol. The van der Waals surface area contributed by atoms with Gasteiger partial charge in [0.2, 0.25) is 10.0 Å². The van der Waals surface area contributed by atoms with Crippen LogP contribution in [0.4, 0.5) is 0 Å². The second-order valence-corrected chi connectivity index (χ2v) is 8.89. The van der Waals surface area contributed by atoms with Gasteiger partial charge in [0.05, 0.1) is 12.0 Å². The quantitative estimate of drug-likeness (QED) is 0.410. The number of hydrogen-bond acceptors (Lipinski definition) is 4. The van der Waals surface area contributed by atoms with E-state index in [9.17, 15) is 8.42 Å². The average molecular weight is 437 g/mol. The lowest BCUT2D eigenvalue weighted by molar-refractivity contribution is 0.306. The first-order valence-electron chi connectivity index (χ1n) is 9.95. The van der Waals surface area contributed by atoms with Gasteiger partial charge in [-0.2, -0.15) is 0 Å². The van der Waals surface area contributed by atoms with E-state index in [4.69, 9.17) is 9.47 Å². The number of methoxy groups -OCH3 is 1. The standard InChI is InChI=1S/C24H24N2O4S/c1-29-20-7-10-22(11-8-20)31(27,28)26-14-13-19-16-25-24-15-21(9-12-23(19)24)30-17-18-5-3-2-4-6-18/h2-12,15-16,25-26H,13-14,17H2,1H3. The van der Waals surface area contributed by atoms with Gasteiger partial charge in [-0.05, 0) is 53.9 Å². The summed E-state index contributed by atoms with van der Waals surface area (Å²) in [6.07, 6.45) is 2.48. The topological polar surface area (TPSA) is 80.4 Å². The Balaban J connectivity index is 1.37. The second kappa shape index (κ2) is 9.24. The van der Waals surface area contributed by atoms with Crippen LogP contribution in [0.15, 0.2) is 83.9 Å². The number of benzene rings is 3. The van der Waals surface area contributed by atoms with Gasteiger partial charge in [-0.25, -0.2) is 13.1 Å². The van der Waals surface area contributed by atoms with Crippen molar-refractivity contribution in [2.45, 2.75) is 17.9 Å². The van der Waals surface area contributed by atoms with E-state index in [1.165, 1.54) is 12.1 Å². The maximum Gasteiger partial charge on any atom is 0.240 e. The number of aromatic nitrogens is 1. The molecule has 0 saturated carbocycles. The maximum atomic E-state index is 12.5. The lowest BCUT2D eigenvalue weighted by Crippen LogP contribution is -2.25. The Labute approximate surface area is 181 Å². The van der Waals surface area contributed by atoms with Crippen LogP contribution >= 0.6 is 0 Å². The lowest BCUT2D eigenvalue weighted by atomic mass is 10.1. The Morgan fingerprint density at radius 1 is 0.935 bits per heavy atom. The highest BCUT2D eigenvalue weighted by atomic mass is 32.2. The van der Waals surface area contributed by atoms with Gasteiger partial charge in [0.15, 0.2) is 0 Å². The van der Waals surface area contributed by atoms with Crippen molar-refractivity contribution in [2.24, 2.45) is 0 Å². The number of aromatic amines is 1. The lowest BCUT2D eigenvalue weighted by Gasteiger charge is -2.08. The van der Waals surface area contributed by atoms with Gasteiger partial charge in [-0.3, -0.25) is 0 Å². The molecule has 0 aliphatic heterocycles. The van der Waals surface area contributed by atoms with Gasteiger partial charge in [0.1, 0.15) is 18.1 Å². The zero-order valence-electron chi connectivity index (χ0n) is 17.2. The minimum absolute atomic E-state index is 0.215. The zero-order chi connectivity index (χ0) is 21.7. The van der Waals surface area contributed by atoms with E-state index in [0.717, 1.165) is 27.8 Å². The Morgan fingerprint density at radius 2 is 1.68 bits per heavy atom. The minimum atomic E-state index is -3.57. The summed E-state index contributed by atoms with van der Waals surface area (Å²) in [5.41, 5.74) is 3.11. The molecule has 7 heteroatoms. The van der Waals surface area contributed by atoms with Crippen molar-refractivity contribution in [3.05, 3.63) is 90.1 Å². The molecular formula is C24H24N2O4S. The summed E-state index contributed by atoms with van der Waals surface area (Å²) in [5.74, 6) is 1.40. The minimum Gasteiger partial charge on any atom is -0.497 e. The van der Waals surface area contributed by atoms with Crippen LogP contribution in [0.1, 0.15) is 11.1 Å². The van der Waals surface area contributed by atoms with Gasteiger partial charge in [-0.1, -0.05) is 30.3 Å². The number of sulfonamides is 1. The number of rotatable bonds is 9. The molecule has 0 saturated heterocycles. The van der Waals surface area contributed by atoms with Crippen molar-refractivity contribution in [3.8, 4) is 11.5 Å². The van der Waals surface area contributed by atoms with Crippen LogP contribution in [0.5, 0.6) is 11.5 Å². The Morgan fingerprint density at radius 3 is 2.42 bits per heavy atom. The van der Waals surface area contributed by atoms with E-state index in [2.05, 4.69) is 9.71 Å². The molecule has 0 aliphatic rings. The van der Waals surface area contributed by atoms with Crippen molar-refractivity contribution >= 4 is 20.9 Å². The molecule has 2 N–H and O–H groups in total. The molecule has 3 aromatic carbocycles. The van der Waals surface area contributed by atoms with E-state index < -0.39 is 10.0 Å². The highest BCUT2D eigenvalue weighted by molar-refractivity contribution is 7.89. The Kier molecular flexibility index (Phi) is 6.25. The highest BCUT2D eigenvalue weighted by Gasteiger charge is 2.14. The Hall–Kier alpha value is -3.29. The molecule has 0 atom stereocenters. The molecule has 4 rings (SSSR count). The Bertz CT molecular complexity index is 1250. The largest absolute Gasteiger partial charge is 0.497 e. The predicted octanol–water partition coefficient (Wildman–Crippen LogP) is 4.28. The molecule has 0 spiro atoms. The van der Waals surface area contributed by atoms with Crippen molar-refractivity contribution in [2.75, 3.05) is 13.7 Å². The number of ether oxygens (including phenoxy) is 2. The second-order valence-electron chi connectivity index (χ2n) is 7.12. The smallest absolute Gasteiger partial charge is 0.240 e. The van der Waals surface area contributed by atoms with Crippen molar-refractivity contribution < 1.29 is 17.9 Å². The fourth-order valence-electron chi connectivity index (χ4n) is 3.36. The van der Waals surface area contributed by atoms with Crippen LogP contribution in [-0.2, 0) is 23.1 Å². The normalized spacial score (nSPS) is 11.5. The van der Waals surface area contributed by atoms with Gasteiger partial charge < -0.3 is 14.5 Å². The number of hydrogen-bond donors (Lipinski definition) is 2. The van der Waals surface area contributed by atoms with Crippen LogP contribution in [0.25, 0.3) is 10.9 Å². The summed E-state index contributed by atoms with van der Waals surface area (Å²) in [5, 5.41) is 1.05. The summed E-state index contributed by atoms with van der Waals surface area (Å²) in [6.45, 7) is 0.806. The van der Waals surface area contributed by atoms with Gasteiger partial charge in [-0.15, -0.1) is 0 Å². The molecule has 4 aromatic rings. The molecule has 160 valence electrons. The molecule has 1 heterocycles. The van der Waals surface area contributed by atoms with Crippen molar-refractivity contribution in [3.63, 3.8) is 0 Å². The molecule has 0 bridgehead atoms. The SMILES string of the molecule is COc1ccc(S(=O)(=O)NCCc2c[nH]c3cc(OCc4ccccc4)ccc23)cc1. The van der Waals surface area contributed by atoms with E-state index in [0.29, 0.717) is 25.3 Å². The van der Waals surface area contributed by atoms with E-state index in [1.807, 2.05) is 54.7 Å². The predicted molar refractivity (Wildman–Crippen MR) is 121 cm³/mol. The van der Waals surface area contributed by atoms with E-state index in [-0.39, 0.29) is 4.90 Å². The highest BCUT2D eigenvalue weighted by Crippen LogP contribution is 2.24. The number of H-pyrrole nitrogens is 1. The number of nitrogens with one attached hydrogen (secondary N) is 2. The fourth-order valence-corrected chi connectivity index (χ4v) is 4.39. The molecule has 0 unspecified atom stereocenters. The molecule has 0 aliphatic carbocycles. The summed E-state index contributed by atoms with van der Waals surface area (Å²) >= 11 is 0. The molecule has 0 amide bonds. The molecule has 6 nitrogen and oxygen atoms in total. The van der Waals surface area contributed by atoms with Gasteiger partial charge >= 0.3 is 0 Å². The van der Waals surface area contributed by atoms with E-state index >= 15 is 0 Å². The van der Waals surface area contributed by atoms with Crippen LogP contribution in [0.3, 0.4) is 0 Å². The fraction of sp³-hybridized carbons (Fsp3) is 0.167. The third kappa shape index (κ3) is 5.07. The molecule has 31 heavy (non-hydrogen) atoms.